The molecule has 2 unspecified atom stereocenters. The maximum Gasteiger partial charge on any atom is 0.261 e. The number of aryl methyl sites for hydroxylation is 1. The smallest absolute Gasteiger partial charge is 0.261 e. The first-order chi connectivity index (χ1) is 11.0. The first-order valence-corrected chi connectivity index (χ1v) is 8.17. The van der Waals surface area contributed by atoms with Crippen LogP contribution in [0.2, 0.25) is 5.02 Å². The molecule has 4 heteroatoms. The molecule has 122 valence electrons. The lowest BCUT2D eigenvalue weighted by Gasteiger charge is -2.21. The molecule has 2 rings (SSSR count). The molecule has 1 N–H and O–H groups in total. The number of benzene rings is 2. The van der Waals surface area contributed by atoms with E-state index in [1.54, 1.807) is 19.1 Å². The molecule has 0 saturated heterocycles. The van der Waals surface area contributed by atoms with E-state index in [4.69, 9.17) is 16.3 Å². The molecule has 3 nitrogen and oxygen atoms in total. The first-order valence-electron chi connectivity index (χ1n) is 7.79. The molecule has 0 radical (unpaired) electrons. The van der Waals surface area contributed by atoms with Crippen molar-refractivity contribution in [1.29, 1.82) is 0 Å². The van der Waals surface area contributed by atoms with Crippen molar-refractivity contribution >= 4 is 17.5 Å². The minimum atomic E-state index is -0.616. The van der Waals surface area contributed by atoms with E-state index < -0.39 is 6.10 Å². The highest BCUT2D eigenvalue weighted by Gasteiger charge is 2.20. The molecule has 0 aromatic heterocycles. The predicted molar refractivity (Wildman–Crippen MR) is 93.9 cm³/mol. The third-order valence-electron chi connectivity index (χ3n) is 3.71. The van der Waals surface area contributed by atoms with Gasteiger partial charge in [0.25, 0.3) is 5.91 Å². The summed E-state index contributed by atoms with van der Waals surface area (Å²) in [6.07, 6.45) is 0.197. The minimum absolute atomic E-state index is 0.0274. The molecule has 0 spiro atoms. The van der Waals surface area contributed by atoms with Crippen molar-refractivity contribution in [2.75, 3.05) is 0 Å². The number of hydrogen-bond acceptors (Lipinski definition) is 2. The van der Waals surface area contributed by atoms with Crippen molar-refractivity contribution in [3.8, 4) is 5.75 Å². The van der Waals surface area contributed by atoms with Gasteiger partial charge in [0.05, 0.1) is 11.1 Å². The van der Waals surface area contributed by atoms with Crippen molar-refractivity contribution in [1.82, 2.24) is 5.32 Å². The SMILES string of the molecule is CCC(NC(=O)C(C)Oc1ccccc1Cl)c1ccc(C)cc1. The fraction of sp³-hybridized carbons (Fsp3) is 0.316. The lowest BCUT2D eigenvalue weighted by molar-refractivity contribution is -0.128. The zero-order valence-corrected chi connectivity index (χ0v) is 14.4. The molecule has 2 atom stereocenters. The summed E-state index contributed by atoms with van der Waals surface area (Å²) in [6, 6.07) is 15.3. The number of ether oxygens (including phenoxy) is 1. The van der Waals surface area contributed by atoms with Crippen LogP contribution in [0, 0.1) is 6.92 Å². The number of para-hydroxylation sites is 1. The Morgan fingerprint density at radius 2 is 1.83 bits per heavy atom. The van der Waals surface area contributed by atoms with Gasteiger partial charge in [-0.1, -0.05) is 60.5 Å². The molecule has 0 aliphatic rings. The van der Waals surface area contributed by atoms with Crippen molar-refractivity contribution in [3.05, 3.63) is 64.7 Å². The van der Waals surface area contributed by atoms with Crippen LogP contribution >= 0.6 is 11.6 Å². The number of carbonyl (C=O) groups excluding carboxylic acids is 1. The molecule has 0 heterocycles. The third kappa shape index (κ3) is 4.73. The zero-order valence-electron chi connectivity index (χ0n) is 13.7. The second-order valence-electron chi connectivity index (χ2n) is 5.57. The van der Waals surface area contributed by atoms with Gasteiger partial charge in [0.1, 0.15) is 5.75 Å². The number of hydrogen-bond donors (Lipinski definition) is 1. The largest absolute Gasteiger partial charge is 0.479 e. The Hall–Kier alpha value is -2.00. The second kappa shape index (κ2) is 8.02. The number of amides is 1. The van der Waals surface area contributed by atoms with Crippen LogP contribution in [-0.4, -0.2) is 12.0 Å². The highest BCUT2D eigenvalue weighted by molar-refractivity contribution is 6.32. The van der Waals surface area contributed by atoms with Gasteiger partial charge in [-0.25, -0.2) is 0 Å². The van der Waals surface area contributed by atoms with Gasteiger partial charge in [0, 0.05) is 0 Å². The van der Waals surface area contributed by atoms with Crippen LogP contribution in [0.15, 0.2) is 48.5 Å². The van der Waals surface area contributed by atoms with Crippen LogP contribution in [0.25, 0.3) is 0 Å². The van der Waals surface area contributed by atoms with E-state index in [0.717, 1.165) is 12.0 Å². The Morgan fingerprint density at radius 3 is 2.43 bits per heavy atom. The molecular formula is C19H22ClNO2. The van der Waals surface area contributed by atoms with Gasteiger partial charge < -0.3 is 10.1 Å². The van der Waals surface area contributed by atoms with E-state index >= 15 is 0 Å². The summed E-state index contributed by atoms with van der Waals surface area (Å²) in [4.78, 5) is 12.4. The third-order valence-corrected chi connectivity index (χ3v) is 4.03. The van der Waals surface area contributed by atoms with Gasteiger partial charge in [0.15, 0.2) is 6.10 Å². The van der Waals surface area contributed by atoms with E-state index in [-0.39, 0.29) is 11.9 Å². The van der Waals surface area contributed by atoms with Gasteiger partial charge >= 0.3 is 0 Å². The fourth-order valence-electron chi connectivity index (χ4n) is 2.29. The van der Waals surface area contributed by atoms with Crippen LogP contribution < -0.4 is 10.1 Å². The van der Waals surface area contributed by atoms with Crippen LogP contribution in [0.4, 0.5) is 0 Å². The maximum absolute atomic E-state index is 12.4. The number of nitrogens with one attached hydrogen (secondary N) is 1. The summed E-state index contributed by atoms with van der Waals surface area (Å²) in [5.41, 5.74) is 2.29. The summed E-state index contributed by atoms with van der Waals surface area (Å²) >= 11 is 6.06. The molecule has 2 aromatic rings. The minimum Gasteiger partial charge on any atom is -0.479 e. The molecule has 0 saturated carbocycles. The average Bonchev–Trinajstić information content (AvgIpc) is 2.55. The summed E-state index contributed by atoms with van der Waals surface area (Å²) in [7, 11) is 0. The number of halogens is 1. The first kappa shape index (κ1) is 17.4. The van der Waals surface area contributed by atoms with Gasteiger partial charge in [0.2, 0.25) is 0 Å². The summed E-state index contributed by atoms with van der Waals surface area (Å²) in [5, 5.41) is 3.53. The Balaban J connectivity index is 2.01. The van der Waals surface area contributed by atoms with E-state index in [1.807, 2.05) is 50.2 Å². The standard InChI is InChI=1S/C19H22ClNO2/c1-4-17(15-11-9-13(2)10-12-15)21-19(22)14(3)23-18-8-6-5-7-16(18)20/h5-12,14,17H,4H2,1-3H3,(H,21,22). The van der Waals surface area contributed by atoms with Crippen molar-refractivity contribution in [3.63, 3.8) is 0 Å². The average molecular weight is 332 g/mol. The number of carbonyl (C=O) groups is 1. The van der Waals surface area contributed by atoms with Crippen molar-refractivity contribution in [2.24, 2.45) is 0 Å². The van der Waals surface area contributed by atoms with Crippen LogP contribution in [-0.2, 0) is 4.79 Å². The molecule has 0 aliphatic heterocycles. The highest BCUT2D eigenvalue weighted by atomic mass is 35.5. The van der Waals surface area contributed by atoms with E-state index in [9.17, 15) is 4.79 Å². The van der Waals surface area contributed by atoms with Gasteiger partial charge in [-0.3, -0.25) is 4.79 Å². The Kier molecular flexibility index (Phi) is 6.05. The van der Waals surface area contributed by atoms with Gasteiger partial charge in [-0.15, -0.1) is 0 Å². The number of rotatable bonds is 6. The fourth-order valence-corrected chi connectivity index (χ4v) is 2.47. The van der Waals surface area contributed by atoms with E-state index in [0.29, 0.717) is 10.8 Å². The summed E-state index contributed by atoms with van der Waals surface area (Å²) < 4.78 is 5.66. The van der Waals surface area contributed by atoms with Crippen LogP contribution in [0.1, 0.15) is 37.4 Å². The Morgan fingerprint density at radius 1 is 1.17 bits per heavy atom. The summed E-state index contributed by atoms with van der Waals surface area (Å²) in [5.74, 6) is 0.359. The Bertz CT molecular complexity index is 655. The predicted octanol–water partition coefficient (Wildman–Crippen LogP) is 4.68. The van der Waals surface area contributed by atoms with Crippen LogP contribution in [0.3, 0.4) is 0 Å². The second-order valence-corrected chi connectivity index (χ2v) is 5.98. The molecule has 0 fully saturated rings. The lowest BCUT2D eigenvalue weighted by Crippen LogP contribution is -2.38. The molecular weight excluding hydrogens is 310 g/mol. The van der Waals surface area contributed by atoms with Gasteiger partial charge in [-0.2, -0.15) is 0 Å². The summed E-state index contributed by atoms with van der Waals surface area (Å²) in [6.45, 7) is 5.81. The normalized spacial score (nSPS) is 13.2. The van der Waals surface area contributed by atoms with E-state index in [1.165, 1.54) is 5.56 Å². The van der Waals surface area contributed by atoms with E-state index in [2.05, 4.69) is 5.32 Å². The highest BCUT2D eigenvalue weighted by Crippen LogP contribution is 2.24. The lowest BCUT2D eigenvalue weighted by atomic mass is 10.0. The van der Waals surface area contributed by atoms with Crippen molar-refractivity contribution < 1.29 is 9.53 Å². The molecule has 2 aromatic carbocycles. The van der Waals surface area contributed by atoms with Gasteiger partial charge in [-0.05, 0) is 38.0 Å². The monoisotopic (exact) mass is 331 g/mol. The maximum atomic E-state index is 12.4. The molecule has 23 heavy (non-hydrogen) atoms. The molecule has 1 amide bonds. The Labute approximate surface area is 142 Å². The quantitative estimate of drug-likeness (QED) is 0.834. The molecule has 0 bridgehead atoms. The van der Waals surface area contributed by atoms with Crippen molar-refractivity contribution in [2.45, 2.75) is 39.3 Å². The molecule has 0 aliphatic carbocycles. The zero-order chi connectivity index (χ0) is 16.8. The van der Waals surface area contributed by atoms with Crippen LogP contribution in [0.5, 0.6) is 5.75 Å². The topological polar surface area (TPSA) is 38.3 Å².